The van der Waals surface area contributed by atoms with Crippen LogP contribution >= 0.6 is 0 Å². The van der Waals surface area contributed by atoms with E-state index in [0.717, 1.165) is 6.42 Å². The Bertz CT molecular complexity index is 567. The van der Waals surface area contributed by atoms with E-state index in [1.165, 1.54) is 11.6 Å². The lowest BCUT2D eigenvalue weighted by molar-refractivity contribution is 0.0944. The normalized spacial score (nSPS) is 10.6. The minimum absolute atomic E-state index is 0.222. The second-order valence-corrected chi connectivity index (χ2v) is 3.91. The molecule has 0 saturated heterocycles. The van der Waals surface area contributed by atoms with Gasteiger partial charge in [0.05, 0.1) is 13.3 Å². The Labute approximate surface area is 110 Å². The van der Waals surface area contributed by atoms with Gasteiger partial charge in [-0.05, 0) is 12.5 Å². The molecule has 0 spiro atoms. The van der Waals surface area contributed by atoms with Gasteiger partial charge in [-0.1, -0.05) is 0 Å². The molecule has 2 aromatic heterocycles. The monoisotopic (exact) mass is 264 g/mol. The van der Waals surface area contributed by atoms with Crippen molar-refractivity contribution in [1.82, 2.24) is 19.9 Å². The number of fused-ring (bicyclic) bond motifs is 1. The summed E-state index contributed by atoms with van der Waals surface area (Å²) in [4.78, 5) is 16.0. The molecule has 0 unspecified atom stereocenters. The molecule has 0 aliphatic rings. The lowest BCUT2D eigenvalue weighted by Crippen LogP contribution is -2.25. The first kappa shape index (κ1) is 13.3. The Balaban J connectivity index is 2.05. The quantitative estimate of drug-likeness (QED) is 0.769. The largest absolute Gasteiger partial charge is 0.480 e. The zero-order chi connectivity index (χ0) is 13.7. The van der Waals surface area contributed by atoms with E-state index >= 15 is 0 Å². The maximum atomic E-state index is 11.8. The van der Waals surface area contributed by atoms with E-state index in [0.29, 0.717) is 30.4 Å². The average Bonchev–Trinajstić information content (AvgIpc) is 2.86. The number of methoxy groups -OCH3 is 2. The van der Waals surface area contributed by atoms with E-state index in [4.69, 9.17) is 9.47 Å². The van der Waals surface area contributed by atoms with Crippen LogP contribution in [-0.4, -0.2) is 47.9 Å². The molecule has 19 heavy (non-hydrogen) atoms. The lowest BCUT2D eigenvalue weighted by Gasteiger charge is -2.01. The molecule has 0 aromatic carbocycles. The van der Waals surface area contributed by atoms with Gasteiger partial charge in [-0.15, -0.1) is 5.10 Å². The maximum Gasteiger partial charge on any atom is 0.271 e. The highest BCUT2D eigenvalue weighted by atomic mass is 16.5. The highest BCUT2D eigenvalue weighted by Crippen LogP contribution is 2.09. The fourth-order valence-electron chi connectivity index (χ4n) is 1.59. The predicted octanol–water partition coefficient (Wildman–Crippen LogP) is 0.504. The summed E-state index contributed by atoms with van der Waals surface area (Å²) >= 11 is 0. The molecule has 0 saturated carbocycles. The molecule has 0 aliphatic carbocycles. The molecule has 0 aliphatic heterocycles. The highest BCUT2D eigenvalue weighted by molar-refractivity contribution is 5.92. The third kappa shape index (κ3) is 3.19. The van der Waals surface area contributed by atoms with Gasteiger partial charge in [0.25, 0.3) is 5.91 Å². The number of rotatable bonds is 6. The number of imidazole rings is 1. The summed E-state index contributed by atoms with van der Waals surface area (Å²) in [6, 6.07) is 3.44. The summed E-state index contributed by atoms with van der Waals surface area (Å²) in [6.07, 6.45) is 2.34. The van der Waals surface area contributed by atoms with Gasteiger partial charge in [-0.2, -0.15) is 0 Å². The molecule has 7 heteroatoms. The van der Waals surface area contributed by atoms with Crippen LogP contribution in [0.15, 0.2) is 18.3 Å². The van der Waals surface area contributed by atoms with Gasteiger partial charge in [-0.3, -0.25) is 4.79 Å². The molecule has 1 amide bonds. The van der Waals surface area contributed by atoms with Crippen LogP contribution in [0, 0.1) is 0 Å². The van der Waals surface area contributed by atoms with Crippen LogP contribution < -0.4 is 10.1 Å². The van der Waals surface area contributed by atoms with Crippen LogP contribution in [0.3, 0.4) is 0 Å². The number of carbonyl (C=O) groups is 1. The fourth-order valence-corrected chi connectivity index (χ4v) is 1.59. The molecule has 2 heterocycles. The van der Waals surface area contributed by atoms with Crippen LogP contribution in [0.25, 0.3) is 5.65 Å². The van der Waals surface area contributed by atoms with Gasteiger partial charge in [0, 0.05) is 26.3 Å². The Kier molecular flexibility index (Phi) is 4.30. The minimum atomic E-state index is -0.222. The summed E-state index contributed by atoms with van der Waals surface area (Å²) in [6.45, 7) is 1.17. The summed E-state index contributed by atoms with van der Waals surface area (Å²) in [5, 5.41) is 6.91. The van der Waals surface area contributed by atoms with Crippen molar-refractivity contribution in [2.24, 2.45) is 0 Å². The number of nitrogens with zero attached hydrogens (tertiary/aromatic N) is 3. The second-order valence-electron chi connectivity index (χ2n) is 3.91. The predicted molar refractivity (Wildman–Crippen MR) is 68.4 cm³/mol. The molecule has 0 radical (unpaired) electrons. The molecule has 0 fully saturated rings. The van der Waals surface area contributed by atoms with Gasteiger partial charge < -0.3 is 14.8 Å². The van der Waals surface area contributed by atoms with Crippen molar-refractivity contribution in [1.29, 1.82) is 0 Å². The topological polar surface area (TPSA) is 77.8 Å². The molecule has 7 nitrogen and oxygen atoms in total. The SMILES string of the molecule is COCCCNC(=O)c1cn2nc(OC)ccc2n1. The van der Waals surface area contributed by atoms with Gasteiger partial charge in [-0.25, -0.2) is 9.50 Å². The first-order valence-corrected chi connectivity index (χ1v) is 5.92. The standard InChI is InChI=1S/C12H16N4O3/c1-18-7-3-6-13-12(17)9-8-16-10(14-9)4-5-11(15-16)19-2/h4-5,8H,3,6-7H2,1-2H3,(H,13,17). The third-order valence-corrected chi connectivity index (χ3v) is 2.55. The van der Waals surface area contributed by atoms with Crippen molar-refractivity contribution in [2.75, 3.05) is 27.4 Å². The Hall–Kier alpha value is -2.15. The van der Waals surface area contributed by atoms with Crippen LogP contribution in [0.1, 0.15) is 16.9 Å². The molecular formula is C12H16N4O3. The smallest absolute Gasteiger partial charge is 0.271 e. The number of amides is 1. The molecule has 102 valence electrons. The van der Waals surface area contributed by atoms with E-state index in [1.54, 1.807) is 25.4 Å². The van der Waals surface area contributed by atoms with Crippen molar-refractivity contribution in [3.05, 3.63) is 24.0 Å². The van der Waals surface area contributed by atoms with E-state index in [9.17, 15) is 4.79 Å². The number of carbonyl (C=O) groups excluding carboxylic acids is 1. The number of hydrogen-bond acceptors (Lipinski definition) is 5. The molecule has 0 bridgehead atoms. The Morgan fingerprint density at radius 2 is 2.26 bits per heavy atom. The van der Waals surface area contributed by atoms with Crippen molar-refractivity contribution in [3.8, 4) is 5.88 Å². The van der Waals surface area contributed by atoms with E-state index < -0.39 is 0 Å². The first-order valence-electron chi connectivity index (χ1n) is 5.92. The van der Waals surface area contributed by atoms with Crippen molar-refractivity contribution in [3.63, 3.8) is 0 Å². The van der Waals surface area contributed by atoms with Crippen molar-refractivity contribution >= 4 is 11.6 Å². The van der Waals surface area contributed by atoms with Crippen molar-refractivity contribution in [2.45, 2.75) is 6.42 Å². The molecule has 0 atom stereocenters. The van der Waals surface area contributed by atoms with Crippen LogP contribution in [0.5, 0.6) is 5.88 Å². The fraction of sp³-hybridized carbons (Fsp3) is 0.417. The summed E-state index contributed by atoms with van der Waals surface area (Å²) in [7, 11) is 3.16. The highest BCUT2D eigenvalue weighted by Gasteiger charge is 2.11. The number of hydrogen-bond donors (Lipinski definition) is 1. The van der Waals surface area contributed by atoms with Crippen LogP contribution in [0.2, 0.25) is 0 Å². The second kappa shape index (κ2) is 6.14. The number of nitrogens with one attached hydrogen (secondary N) is 1. The van der Waals surface area contributed by atoms with E-state index in [-0.39, 0.29) is 5.91 Å². The zero-order valence-electron chi connectivity index (χ0n) is 10.9. The molecule has 2 rings (SSSR count). The van der Waals surface area contributed by atoms with Crippen molar-refractivity contribution < 1.29 is 14.3 Å². The van der Waals surface area contributed by atoms with E-state index in [2.05, 4.69) is 15.4 Å². The molecular weight excluding hydrogens is 248 g/mol. The van der Waals surface area contributed by atoms with E-state index in [1.807, 2.05) is 0 Å². The summed E-state index contributed by atoms with van der Waals surface area (Å²) in [5.41, 5.74) is 0.931. The average molecular weight is 264 g/mol. The van der Waals surface area contributed by atoms with Gasteiger partial charge >= 0.3 is 0 Å². The van der Waals surface area contributed by atoms with Gasteiger partial charge in [0.1, 0.15) is 5.69 Å². The first-order chi connectivity index (χ1) is 9.24. The molecule has 2 aromatic rings. The Morgan fingerprint density at radius 3 is 3.00 bits per heavy atom. The van der Waals surface area contributed by atoms with Crippen LogP contribution in [0.4, 0.5) is 0 Å². The zero-order valence-corrected chi connectivity index (χ0v) is 10.9. The Morgan fingerprint density at radius 1 is 1.42 bits per heavy atom. The molecule has 1 N–H and O–H groups in total. The minimum Gasteiger partial charge on any atom is -0.480 e. The van der Waals surface area contributed by atoms with Gasteiger partial charge in [0.15, 0.2) is 5.65 Å². The van der Waals surface area contributed by atoms with Crippen LogP contribution in [-0.2, 0) is 4.74 Å². The summed E-state index contributed by atoms with van der Waals surface area (Å²) < 4.78 is 11.4. The maximum absolute atomic E-state index is 11.8. The number of ether oxygens (including phenoxy) is 2. The summed E-state index contributed by atoms with van der Waals surface area (Å²) in [5.74, 6) is 0.248. The number of aromatic nitrogens is 3. The third-order valence-electron chi connectivity index (χ3n) is 2.55. The van der Waals surface area contributed by atoms with Gasteiger partial charge in [0.2, 0.25) is 5.88 Å². The lowest BCUT2D eigenvalue weighted by atomic mass is 10.4.